The van der Waals surface area contributed by atoms with Gasteiger partial charge >= 0.3 is 0 Å². The van der Waals surface area contributed by atoms with Crippen LogP contribution in [0, 0.1) is 5.92 Å². The Labute approximate surface area is 126 Å². The molecule has 3 atom stereocenters. The predicted octanol–water partition coefficient (Wildman–Crippen LogP) is 2.85. The van der Waals surface area contributed by atoms with Crippen molar-refractivity contribution >= 4 is 11.8 Å². The summed E-state index contributed by atoms with van der Waals surface area (Å²) in [5.74, 6) is 2.31. The Morgan fingerprint density at radius 2 is 2.25 bits per heavy atom. The van der Waals surface area contributed by atoms with Gasteiger partial charge in [-0.2, -0.15) is 11.8 Å². The Hall–Kier alpha value is -0.710. The van der Waals surface area contributed by atoms with Crippen molar-refractivity contribution in [3.63, 3.8) is 0 Å². The minimum atomic E-state index is 0.254. The Kier molecular flexibility index (Phi) is 6.20. The second kappa shape index (κ2) is 7.91. The average molecular weight is 295 g/mol. The monoisotopic (exact) mass is 295 g/mol. The standard InChI is InChI=1S/C16H25NO2S/c1-3-8-17-16-13-6-4-5-7-14(13)19-10-15(16)20-11-12(2)9-18/h4-7,12,15-18H,3,8-11H2,1-2H3. The van der Waals surface area contributed by atoms with Crippen molar-refractivity contribution in [2.24, 2.45) is 5.92 Å². The highest BCUT2D eigenvalue weighted by atomic mass is 32.2. The minimum absolute atomic E-state index is 0.254. The number of nitrogens with one attached hydrogen (secondary N) is 1. The average Bonchev–Trinajstić information content (AvgIpc) is 2.50. The molecule has 0 fully saturated rings. The Balaban J connectivity index is 2.07. The van der Waals surface area contributed by atoms with Crippen LogP contribution >= 0.6 is 11.8 Å². The Morgan fingerprint density at radius 3 is 3.00 bits per heavy atom. The molecule has 0 radical (unpaired) electrons. The van der Waals surface area contributed by atoms with Crippen LogP contribution in [0.5, 0.6) is 5.75 Å². The van der Waals surface area contributed by atoms with Gasteiger partial charge in [-0.25, -0.2) is 0 Å². The molecule has 0 bridgehead atoms. The molecule has 3 nitrogen and oxygen atoms in total. The van der Waals surface area contributed by atoms with E-state index in [0.29, 0.717) is 17.2 Å². The van der Waals surface area contributed by atoms with Gasteiger partial charge in [-0.15, -0.1) is 0 Å². The fourth-order valence-electron chi connectivity index (χ4n) is 2.36. The minimum Gasteiger partial charge on any atom is -0.492 e. The van der Waals surface area contributed by atoms with Crippen LogP contribution < -0.4 is 10.1 Å². The SMILES string of the molecule is CCCNC1c2ccccc2OCC1SCC(C)CO. The number of fused-ring (bicyclic) bond motifs is 1. The van der Waals surface area contributed by atoms with Crippen LogP contribution in [0.4, 0.5) is 0 Å². The molecule has 1 heterocycles. The Bertz CT molecular complexity index is 413. The molecule has 0 amide bonds. The summed E-state index contributed by atoms with van der Waals surface area (Å²) < 4.78 is 5.89. The topological polar surface area (TPSA) is 41.5 Å². The lowest BCUT2D eigenvalue weighted by Crippen LogP contribution is -2.38. The van der Waals surface area contributed by atoms with Gasteiger partial charge in [0.1, 0.15) is 12.4 Å². The van der Waals surface area contributed by atoms with Crippen LogP contribution in [0.1, 0.15) is 31.9 Å². The maximum atomic E-state index is 9.17. The summed E-state index contributed by atoms with van der Waals surface area (Å²) in [5.41, 5.74) is 1.27. The van der Waals surface area contributed by atoms with E-state index in [4.69, 9.17) is 9.84 Å². The van der Waals surface area contributed by atoms with Crippen LogP contribution in [0.15, 0.2) is 24.3 Å². The zero-order chi connectivity index (χ0) is 14.4. The van der Waals surface area contributed by atoms with Gasteiger partial charge in [0.2, 0.25) is 0 Å². The smallest absolute Gasteiger partial charge is 0.124 e. The predicted molar refractivity (Wildman–Crippen MR) is 85.5 cm³/mol. The van der Waals surface area contributed by atoms with Gasteiger partial charge in [-0.3, -0.25) is 0 Å². The third kappa shape index (κ3) is 3.90. The lowest BCUT2D eigenvalue weighted by Gasteiger charge is -2.34. The van der Waals surface area contributed by atoms with E-state index < -0.39 is 0 Å². The van der Waals surface area contributed by atoms with Crippen molar-refractivity contribution in [3.05, 3.63) is 29.8 Å². The molecule has 0 saturated heterocycles. The number of aliphatic hydroxyl groups excluding tert-OH is 1. The van der Waals surface area contributed by atoms with Gasteiger partial charge in [0.25, 0.3) is 0 Å². The van der Waals surface area contributed by atoms with Gasteiger partial charge in [0, 0.05) is 12.2 Å². The first-order valence-electron chi connectivity index (χ1n) is 7.43. The molecule has 1 aromatic carbocycles. The van der Waals surface area contributed by atoms with Crippen LogP contribution in [0.3, 0.4) is 0 Å². The first kappa shape index (κ1) is 15.7. The summed E-state index contributed by atoms with van der Waals surface area (Å²) in [5, 5.41) is 13.2. The second-order valence-electron chi connectivity index (χ2n) is 5.44. The van der Waals surface area contributed by atoms with E-state index in [1.165, 1.54) is 5.56 Å². The van der Waals surface area contributed by atoms with E-state index >= 15 is 0 Å². The molecule has 1 aromatic rings. The number of aliphatic hydroxyl groups is 1. The molecule has 2 N–H and O–H groups in total. The van der Waals surface area contributed by atoms with E-state index in [-0.39, 0.29) is 6.61 Å². The molecular weight excluding hydrogens is 270 g/mol. The van der Waals surface area contributed by atoms with E-state index in [1.807, 2.05) is 23.9 Å². The van der Waals surface area contributed by atoms with E-state index in [9.17, 15) is 0 Å². The number of ether oxygens (including phenoxy) is 1. The van der Waals surface area contributed by atoms with Crippen molar-refractivity contribution < 1.29 is 9.84 Å². The quantitative estimate of drug-likeness (QED) is 0.811. The highest BCUT2D eigenvalue weighted by Crippen LogP contribution is 2.37. The summed E-state index contributed by atoms with van der Waals surface area (Å²) in [7, 11) is 0. The van der Waals surface area contributed by atoms with Crippen molar-refractivity contribution in [2.75, 3.05) is 25.5 Å². The molecule has 4 heteroatoms. The number of hydrogen-bond donors (Lipinski definition) is 2. The van der Waals surface area contributed by atoms with Gasteiger partial charge in [-0.1, -0.05) is 32.0 Å². The summed E-state index contributed by atoms with van der Waals surface area (Å²) in [6.07, 6.45) is 1.13. The van der Waals surface area contributed by atoms with Crippen molar-refractivity contribution in [1.29, 1.82) is 0 Å². The van der Waals surface area contributed by atoms with Crippen LogP contribution in [0.2, 0.25) is 0 Å². The molecule has 1 aliphatic rings. The van der Waals surface area contributed by atoms with Gasteiger partial charge in [-0.05, 0) is 30.7 Å². The summed E-state index contributed by atoms with van der Waals surface area (Å²) in [4.78, 5) is 0. The molecule has 0 aliphatic carbocycles. The summed E-state index contributed by atoms with van der Waals surface area (Å²) in [6.45, 7) is 6.28. The van der Waals surface area contributed by atoms with Crippen LogP contribution in [-0.2, 0) is 0 Å². The van der Waals surface area contributed by atoms with Gasteiger partial charge in [0.05, 0.1) is 11.3 Å². The number of benzene rings is 1. The Morgan fingerprint density at radius 1 is 1.45 bits per heavy atom. The first-order valence-corrected chi connectivity index (χ1v) is 8.48. The maximum absolute atomic E-state index is 9.17. The van der Waals surface area contributed by atoms with E-state index in [0.717, 1.165) is 31.1 Å². The number of rotatable bonds is 7. The summed E-state index contributed by atoms with van der Waals surface area (Å²) in [6, 6.07) is 8.65. The first-order chi connectivity index (χ1) is 9.76. The molecule has 3 unspecified atom stereocenters. The fraction of sp³-hybridized carbons (Fsp3) is 0.625. The molecule has 20 heavy (non-hydrogen) atoms. The molecule has 1 aliphatic heterocycles. The molecule has 2 rings (SSSR count). The molecule has 0 spiro atoms. The second-order valence-corrected chi connectivity index (χ2v) is 6.71. The van der Waals surface area contributed by atoms with Crippen molar-refractivity contribution in [2.45, 2.75) is 31.6 Å². The highest BCUT2D eigenvalue weighted by molar-refractivity contribution is 8.00. The van der Waals surface area contributed by atoms with Crippen LogP contribution in [-0.4, -0.2) is 35.9 Å². The largest absolute Gasteiger partial charge is 0.492 e. The maximum Gasteiger partial charge on any atom is 0.124 e. The number of thioether (sulfide) groups is 1. The van der Waals surface area contributed by atoms with Gasteiger partial charge < -0.3 is 15.2 Å². The third-order valence-electron chi connectivity index (χ3n) is 3.55. The molecule has 0 aromatic heterocycles. The summed E-state index contributed by atoms with van der Waals surface area (Å²) >= 11 is 1.90. The van der Waals surface area contributed by atoms with Crippen LogP contribution in [0.25, 0.3) is 0 Å². The molecule has 0 saturated carbocycles. The van der Waals surface area contributed by atoms with E-state index in [2.05, 4.69) is 31.3 Å². The zero-order valence-corrected chi connectivity index (χ0v) is 13.2. The lowest BCUT2D eigenvalue weighted by atomic mass is 10.00. The highest BCUT2D eigenvalue weighted by Gasteiger charge is 2.30. The normalized spacial score (nSPS) is 22.9. The lowest BCUT2D eigenvalue weighted by molar-refractivity contribution is 0.248. The van der Waals surface area contributed by atoms with E-state index in [1.54, 1.807) is 0 Å². The van der Waals surface area contributed by atoms with Crippen molar-refractivity contribution in [1.82, 2.24) is 5.32 Å². The third-order valence-corrected chi connectivity index (χ3v) is 5.15. The van der Waals surface area contributed by atoms with Gasteiger partial charge in [0.15, 0.2) is 0 Å². The van der Waals surface area contributed by atoms with Crippen molar-refractivity contribution in [3.8, 4) is 5.75 Å². The molecule has 112 valence electrons. The molecular formula is C16H25NO2S. The fourth-order valence-corrected chi connectivity index (χ4v) is 3.64. The number of para-hydroxylation sites is 1. The number of hydrogen-bond acceptors (Lipinski definition) is 4. The zero-order valence-electron chi connectivity index (χ0n) is 12.3.